The van der Waals surface area contributed by atoms with E-state index in [1.54, 1.807) is 42.6 Å². The molecule has 0 aliphatic rings. The average Bonchev–Trinajstić information content (AvgIpc) is 2.88. The van der Waals surface area contributed by atoms with Crippen LogP contribution in [-0.2, 0) is 0 Å². The van der Waals surface area contributed by atoms with Gasteiger partial charge >= 0.3 is 0 Å². The lowest BCUT2D eigenvalue weighted by Gasteiger charge is -2.06. The molecule has 19 heavy (non-hydrogen) atoms. The molecule has 3 nitrogen and oxygen atoms in total. The Labute approximate surface area is 109 Å². The van der Waals surface area contributed by atoms with Crippen molar-refractivity contribution in [2.45, 2.75) is 0 Å². The van der Waals surface area contributed by atoms with Gasteiger partial charge in [0, 0.05) is 17.6 Å². The van der Waals surface area contributed by atoms with E-state index in [4.69, 9.17) is 11.3 Å². The van der Waals surface area contributed by atoms with Crippen molar-refractivity contribution < 1.29 is 9.13 Å². The summed E-state index contributed by atoms with van der Waals surface area (Å²) < 4.78 is 19.4. The number of aromatic nitrogens is 1. The predicted octanol–water partition coefficient (Wildman–Crippen LogP) is 4.65. The molecule has 0 unspecified atom stereocenters. The number of ether oxygens (including phenoxy) is 1. The van der Waals surface area contributed by atoms with E-state index in [-0.39, 0.29) is 5.82 Å². The van der Waals surface area contributed by atoms with Crippen molar-refractivity contribution in [1.29, 1.82) is 0 Å². The lowest BCUT2D eigenvalue weighted by Crippen LogP contribution is -1.86. The number of nitrogens with zero attached hydrogens (tertiary/aromatic N) is 1. The number of aromatic amines is 1. The average molecular weight is 252 g/mol. The molecule has 0 atom stereocenters. The first-order valence-electron chi connectivity index (χ1n) is 5.68. The molecule has 1 heterocycles. The van der Waals surface area contributed by atoms with E-state index >= 15 is 0 Å². The van der Waals surface area contributed by atoms with Gasteiger partial charge in [0.2, 0.25) is 0 Å². The lowest BCUT2D eigenvalue weighted by molar-refractivity contribution is 0.478. The predicted molar refractivity (Wildman–Crippen MR) is 71.0 cm³/mol. The molecule has 2 aromatic carbocycles. The molecular formula is C15H9FN2O. The molecule has 3 rings (SSSR count). The summed E-state index contributed by atoms with van der Waals surface area (Å²) >= 11 is 0. The highest BCUT2D eigenvalue weighted by molar-refractivity contribution is 5.81. The molecule has 3 aromatic rings. The van der Waals surface area contributed by atoms with Crippen LogP contribution >= 0.6 is 0 Å². The molecule has 92 valence electrons. The molecule has 0 aliphatic heterocycles. The molecule has 0 saturated heterocycles. The van der Waals surface area contributed by atoms with Gasteiger partial charge < -0.3 is 9.72 Å². The van der Waals surface area contributed by atoms with Gasteiger partial charge in [-0.3, -0.25) is 0 Å². The Balaban J connectivity index is 1.98. The van der Waals surface area contributed by atoms with Crippen LogP contribution in [0.1, 0.15) is 0 Å². The first kappa shape index (κ1) is 11.3. The van der Waals surface area contributed by atoms with Crippen LogP contribution in [0.2, 0.25) is 0 Å². The van der Waals surface area contributed by atoms with Crippen molar-refractivity contribution >= 4 is 16.6 Å². The van der Waals surface area contributed by atoms with Crippen molar-refractivity contribution in [3.63, 3.8) is 0 Å². The van der Waals surface area contributed by atoms with Crippen molar-refractivity contribution in [2.24, 2.45) is 0 Å². The van der Waals surface area contributed by atoms with Crippen LogP contribution < -0.4 is 4.74 Å². The number of halogens is 1. The Morgan fingerprint density at radius 3 is 2.84 bits per heavy atom. The zero-order valence-corrected chi connectivity index (χ0v) is 9.85. The van der Waals surface area contributed by atoms with Crippen molar-refractivity contribution in [3.05, 3.63) is 65.9 Å². The highest BCUT2D eigenvalue weighted by atomic mass is 19.1. The third-order valence-electron chi connectivity index (χ3n) is 2.77. The van der Waals surface area contributed by atoms with Gasteiger partial charge in [0.15, 0.2) is 11.5 Å². The Hall–Kier alpha value is -2.80. The van der Waals surface area contributed by atoms with Crippen LogP contribution in [0.15, 0.2) is 48.7 Å². The van der Waals surface area contributed by atoms with Gasteiger partial charge in [-0.1, -0.05) is 12.1 Å². The Kier molecular flexibility index (Phi) is 2.66. The fourth-order valence-corrected chi connectivity index (χ4v) is 1.91. The molecule has 4 heteroatoms. The summed E-state index contributed by atoms with van der Waals surface area (Å²) in [5, 5.41) is 0.747. The van der Waals surface area contributed by atoms with E-state index in [9.17, 15) is 4.39 Å². The van der Waals surface area contributed by atoms with Crippen molar-refractivity contribution in [1.82, 2.24) is 4.98 Å². The van der Waals surface area contributed by atoms with Crippen LogP contribution in [0.4, 0.5) is 10.1 Å². The van der Waals surface area contributed by atoms with Crippen LogP contribution in [0.5, 0.6) is 11.5 Å². The fourth-order valence-electron chi connectivity index (χ4n) is 1.91. The van der Waals surface area contributed by atoms with Gasteiger partial charge in [-0.2, -0.15) is 0 Å². The molecule has 1 N–H and O–H groups in total. The fraction of sp³-hybridized carbons (Fsp3) is 0. The second-order valence-electron chi connectivity index (χ2n) is 4.06. The minimum Gasteiger partial charge on any atom is -0.459 e. The van der Waals surface area contributed by atoms with E-state index in [0.29, 0.717) is 22.7 Å². The van der Waals surface area contributed by atoms with Gasteiger partial charge in [0.05, 0.1) is 12.1 Å². The normalized spacial score (nSPS) is 10.3. The Bertz CT molecular complexity index is 786. The SMILES string of the molecule is [C-]#[N+]c1cccc(Oc2cc(F)c3[nH]ccc3c2)c1. The first-order chi connectivity index (χ1) is 9.26. The lowest BCUT2D eigenvalue weighted by atomic mass is 10.2. The summed E-state index contributed by atoms with van der Waals surface area (Å²) in [5.74, 6) is 0.563. The first-order valence-corrected chi connectivity index (χ1v) is 5.68. The zero-order valence-electron chi connectivity index (χ0n) is 9.85. The monoisotopic (exact) mass is 252 g/mol. The smallest absolute Gasteiger partial charge is 0.190 e. The molecule has 0 spiro atoms. The molecular weight excluding hydrogens is 243 g/mol. The Morgan fingerprint density at radius 2 is 2.00 bits per heavy atom. The molecule has 0 fully saturated rings. The summed E-state index contributed by atoms with van der Waals surface area (Å²) in [6.07, 6.45) is 1.68. The summed E-state index contributed by atoms with van der Waals surface area (Å²) in [7, 11) is 0. The maximum Gasteiger partial charge on any atom is 0.190 e. The zero-order chi connectivity index (χ0) is 13.2. The van der Waals surface area contributed by atoms with E-state index in [0.717, 1.165) is 5.39 Å². The van der Waals surface area contributed by atoms with Gasteiger partial charge in [0.1, 0.15) is 11.5 Å². The van der Waals surface area contributed by atoms with E-state index < -0.39 is 0 Å². The number of hydrogen-bond acceptors (Lipinski definition) is 1. The van der Waals surface area contributed by atoms with Gasteiger partial charge in [-0.25, -0.2) is 9.24 Å². The summed E-state index contributed by atoms with van der Waals surface area (Å²) in [6, 6.07) is 11.6. The van der Waals surface area contributed by atoms with E-state index in [2.05, 4.69) is 9.83 Å². The number of fused-ring (bicyclic) bond motifs is 1. The highest BCUT2D eigenvalue weighted by Crippen LogP contribution is 2.29. The topological polar surface area (TPSA) is 29.4 Å². The summed E-state index contributed by atoms with van der Waals surface area (Å²) in [6.45, 7) is 6.95. The second-order valence-corrected chi connectivity index (χ2v) is 4.06. The van der Waals surface area contributed by atoms with E-state index in [1.807, 2.05) is 0 Å². The third kappa shape index (κ3) is 2.14. The van der Waals surface area contributed by atoms with Gasteiger partial charge in [0.25, 0.3) is 0 Å². The number of benzene rings is 2. The quantitative estimate of drug-likeness (QED) is 0.661. The molecule has 0 amide bonds. The summed E-state index contributed by atoms with van der Waals surface area (Å²) in [4.78, 5) is 6.15. The van der Waals surface area contributed by atoms with Crippen LogP contribution in [-0.4, -0.2) is 4.98 Å². The number of hydrogen-bond donors (Lipinski definition) is 1. The number of rotatable bonds is 2. The number of nitrogens with one attached hydrogen (secondary N) is 1. The maximum absolute atomic E-state index is 13.8. The highest BCUT2D eigenvalue weighted by Gasteiger charge is 2.06. The molecule has 0 radical (unpaired) electrons. The molecule has 0 aliphatic carbocycles. The molecule has 0 bridgehead atoms. The summed E-state index contributed by atoms with van der Waals surface area (Å²) in [5.41, 5.74) is 0.947. The maximum atomic E-state index is 13.8. The second kappa shape index (κ2) is 4.46. The van der Waals surface area contributed by atoms with Gasteiger partial charge in [-0.05, 0) is 24.3 Å². The molecule has 1 aromatic heterocycles. The minimum atomic E-state index is -0.362. The molecule has 0 saturated carbocycles. The van der Waals surface area contributed by atoms with E-state index in [1.165, 1.54) is 6.07 Å². The minimum absolute atomic E-state index is 0.362. The third-order valence-corrected chi connectivity index (χ3v) is 2.77. The largest absolute Gasteiger partial charge is 0.459 e. The van der Waals surface area contributed by atoms with Gasteiger partial charge in [-0.15, -0.1) is 0 Å². The Morgan fingerprint density at radius 1 is 1.11 bits per heavy atom. The van der Waals surface area contributed by atoms with Crippen LogP contribution in [0.25, 0.3) is 15.7 Å². The number of H-pyrrole nitrogens is 1. The van der Waals surface area contributed by atoms with Crippen molar-refractivity contribution in [2.75, 3.05) is 0 Å². The standard InChI is InChI=1S/C15H9FN2O/c1-17-11-3-2-4-12(8-11)19-13-7-10-5-6-18-15(10)14(16)9-13/h2-9,18H. The van der Waals surface area contributed by atoms with Crippen LogP contribution in [0.3, 0.4) is 0 Å². The van der Waals surface area contributed by atoms with Crippen LogP contribution in [0, 0.1) is 12.4 Å². The van der Waals surface area contributed by atoms with Crippen molar-refractivity contribution in [3.8, 4) is 11.5 Å².